The zero-order chi connectivity index (χ0) is 15.1. The molecule has 0 aliphatic rings. The first-order valence-electron chi connectivity index (χ1n) is 6.76. The molecule has 5 heteroatoms. The van der Waals surface area contributed by atoms with Gasteiger partial charge in [-0.25, -0.2) is 0 Å². The van der Waals surface area contributed by atoms with Crippen molar-refractivity contribution in [3.63, 3.8) is 0 Å². The van der Waals surface area contributed by atoms with E-state index in [-0.39, 0.29) is 12.5 Å². The molecule has 0 aliphatic heterocycles. The zero-order valence-electron chi connectivity index (χ0n) is 11.6. The van der Waals surface area contributed by atoms with Crippen LogP contribution in [-0.4, -0.2) is 34.0 Å². The molecular weight excluding hydrogens is 332 g/mol. The predicted octanol–water partition coefficient (Wildman–Crippen LogP) is 2.87. The van der Waals surface area contributed by atoms with Crippen molar-refractivity contribution in [2.24, 2.45) is 0 Å². The number of aromatic nitrogens is 1. The van der Waals surface area contributed by atoms with Crippen LogP contribution in [0.15, 0.2) is 53.1 Å². The SMILES string of the molecule is O=C(c1cccc(Br)c1)N(CCCO)Cc1ccccn1. The molecule has 0 saturated carbocycles. The lowest BCUT2D eigenvalue weighted by Gasteiger charge is -2.22. The molecule has 1 amide bonds. The lowest BCUT2D eigenvalue weighted by atomic mass is 10.2. The Morgan fingerprint density at radius 1 is 1.24 bits per heavy atom. The van der Waals surface area contributed by atoms with E-state index in [9.17, 15) is 4.79 Å². The number of hydrogen-bond acceptors (Lipinski definition) is 3. The van der Waals surface area contributed by atoms with Crippen LogP contribution in [0, 0.1) is 0 Å². The fourth-order valence-electron chi connectivity index (χ4n) is 2.01. The molecule has 0 aliphatic carbocycles. The maximum absolute atomic E-state index is 12.6. The maximum atomic E-state index is 12.6. The van der Waals surface area contributed by atoms with Crippen molar-refractivity contribution in [3.8, 4) is 0 Å². The van der Waals surface area contributed by atoms with Crippen molar-refractivity contribution >= 4 is 21.8 Å². The Morgan fingerprint density at radius 3 is 2.76 bits per heavy atom. The molecule has 0 unspecified atom stereocenters. The predicted molar refractivity (Wildman–Crippen MR) is 84.8 cm³/mol. The largest absolute Gasteiger partial charge is 0.396 e. The van der Waals surface area contributed by atoms with Crippen LogP contribution in [0.4, 0.5) is 0 Å². The number of carbonyl (C=O) groups is 1. The molecule has 0 atom stereocenters. The minimum Gasteiger partial charge on any atom is -0.396 e. The van der Waals surface area contributed by atoms with E-state index in [1.807, 2.05) is 30.3 Å². The summed E-state index contributed by atoms with van der Waals surface area (Å²) < 4.78 is 0.869. The number of amides is 1. The van der Waals surface area contributed by atoms with Crippen LogP contribution >= 0.6 is 15.9 Å². The summed E-state index contributed by atoms with van der Waals surface area (Å²) in [6.07, 6.45) is 2.26. The lowest BCUT2D eigenvalue weighted by Crippen LogP contribution is -2.32. The van der Waals surface area contributed by atoms with Gasteiger partial charge < -0.3 is 10.0 Å². The Balaban J connectivity index is 2.17. The van der Waals surface area contributed by atoms with Gasteiger partial charge in [0.15, 0.2) is 0 Å². The van der Waals surface area contributed by atoms with Gasteiger partial charge in [-0.05, 0) is 36.8 Å². The normalized spacial score (nSPS) is 10.4. The molecule has 2 aromatic rings. The molecule has 0 radical (unpaired) electrons. The van der Waals surface area contributed by atoms with Crippen molar-refractivity contribution in [1.82, 2.24) is 9.88 Å². The number of aliphatic hydroxyl groups is 1. The van der Waals surface area contributed by atoms with Crippen molar-refractivity contribution < 1.29 is 9.90 Å². The molecule has 0 fully saturated rings. The number of carbonyl (C=O) groups excluding carboxylic acids is 1. The summed E-state index contributed by atoms with van der Waals surface area (Å²) in [5.74, 6) is -0.0598. The van der Waals surface area contributed by atoms with Gasteiger partial charge in [-0.2, -0.15) is 0 Å². The topological polar surface area (TPSA) is 53.4 Å². The molecule has 1 aromatic carbocycles. The van der Waals surface area contributed by atoms with E-state index in [0.29, 0.717) is 25.1 Å². The van der Waals surface area contributed by atoms with Crippen molar-refractivity contribution in [2.75, 3.05) is 13.2 Å². The number of halogens is 1. The molecule has 2 rings (SSSR count). The number of rotatable bonds is 6. The third-order valence-electron chi connectivity index (χ3n) is 3.02. The van der Waals surface area contributed by atoms with Gasteiger partial charge in [0.2, 0.25) is 0 Å². The maximum Gasteiger partial charge on any atom is 0.254 e. The minimum absolute atomic E-state index is 0.0598. The average molecular weight is 349 g/mol. The van der Waals surface area contributed by atoms with Gasteiger partial charge in [-0.3, -0.25) is 9.78 Å². The van der Waals surface area contributed by atoms with Crippen LogP contribution < -0.4 is 0 Å². The highest BCUT2D eigenvalue weighted by Gasteiger charge is 2.16. The van der Waals surface area contributed by atoms with Crippen LogP contribution in [0.25, 0.3) is 0 Å². The minimum atomic E-state index is -0.0598. The summed E-state index contributed by atoms with van der Waals surface area (Å²) in [6, 6.07) is 12.9. The van der Waals surface area contributed by atoms with Crippen LogP contribution in [-0.2, 0) is 6.54 Å². The van der Waals surface area contributed by atoms with Crippen molar-refractivity contribution in [3.05, 3.63) is 64.4 Å². The van der Waals surface area contributed by atoms with Gasteiger partial charge in [0, 0.05) is 29.4 Å². The summed E-state index contributed by atoms with van der Waals surface area (Å²) >= 11 is 3.38. The Morgan fingerprint density at radius 2 is 2.10 bits per heavy atom. The van der Waals surface area contributed by atoms with Crippen molar-refractivity contribution in [1.29, 1.82) is 0 Å². The van der Waals surface area contributed by atoms with Crippen LogP contribution in [0.3, 0.4) is 0 Å². The Bertz CT molecular complexity index is 590. The van der Waals surface area contributed by atoms with E-state index in [1.165, 1.54) is 0 Å². The highest BCUT2D eigenvalue weighted by molar-refractivity contribution is 9.10. The summed E-state index contributed by atoms with van der Waals surface area (Å²) in [6.45, 7) is 0.995. The number of benzene rings is 1. The molecular formula is C16H17BrN2O2. The van der Waals surface area contributed by atoms with Crippen LogP contribution in [0.1, 0.15) is 22.5 Å². The quantitative estimate of drug-likeness (QED) is 0.873. The highest BCUT2D eigenvalue weighted by Crippen LogP contribution is 2.15. The summed E-state index contributed by atoms with van der Waals surface area (Å²) in [7, 11) is 0. The number of aliphatic hydroxyl groups excluding tert-OH is 1. The fraction of sp³-hybridized carbons (Fsp3) is 0.250. The van der Waals surface area contributed by atoms with Crippen LogP contribution in [0.5, 0.6) is 0 Å². The number of nitrogens with zero attached hydrogens (tertiary/aromatic N) is 2. The van der Waals surface area contributed by atoms with E-state index in [2.05, 4.69) is 20.9 Å². The fourth-order valence-corrected chi connectivity index (χ4v) is 2.40. The third-order valence-corrected chi connectivity index (χ3v) is 3.52. The van der Waals surface area contributed by atoms with E-state index in [1.54, 1.807) is 23.2 Å². The van der Waals surface area contributed by atoms with Gasteiger partial charge >= 0.3 is 0 Å². The van der Waals surface area contributed by atoms with E-state index in [0.717, 1.165) is 10.2 Å². The Kier molecular flexibility index (Phi) is 5.90. The zero-order valence-corrected chi connectivity index (χ0v) is 13.2. The van der Waals surface area contributed by atoms with E-state index < -0.39 is 0 Å². The summed E-state index contributed by atoms with van der Waals surface area (Å²) in [5.41, 5.74) is 1.46. The molecule has 1 aromatic heterocycles. The Hall–Kier alpha value is -1.72. The number of pyridine rings is 1. The molecule has 0 spiro atoms. The van der Waals surface area contributed by atoms with Crippen molar-refractivity contribution in [2.45, 2.75) is 13.0 Å². The molecule has 110 valence electrons. The molecule has 0 saturated heterocycles. The summed E-state index contributed by atoms with van der Waals surface area (Å²) in [4.78, 5) is 18.6. The molecule has 1 heterocycles. The van der Waals surface area contributed by atoms with Gasteiger partial charge in [0.25, 0.3) is 5.91 Å². The molecule has 1 N–H and O–H groups in total. The van der Waals surface area contributed by atoms with E-state index >= 15 is 0 Å². The lowest BCUT2D eigenvalue weighted by molar-refractivity contribution is 0.0730. The molecule has 0 bridgehead atoms. The Labute approximate surface area is 132 Å². The summed E-state index contributed by atoms with van der Waals surface area (Å²) in [5, 5.41) is 9.02. The second kappa shape index (κ2) is 7.90. The highest BCUT2D eigenvalue weighted by atomic mass is 79.9. The van der Waals surface area contributed by atoms with Gasteiger partial charge in [-0.1, -0.05) is 28.1 Å². The number of hydrogen-bond donors (Lipinski definition) is 1. The standard InChI is InChI=1S/C16H17BrN2O2/c17-14-6-3-5-13(11-14)16(21)19(9-4-10-20)12-15-7-1-2-8-18-15/h1-3,5-8,11,20H,4,9-10,12H2. The third kappa shape index (κ3) is 4.65. The second-order valence-corrected chi connectivity index (χ2v) is 5.55. The van der Waals surface area contributed by atoms with Gasteiger partial charge in [-0.15, -0.1) is 0 Å². The first-order valence-corrected chi connectivity index (χ1v) is 7.55. The average Bonchev–Trinajstić information content (AvgIpc) is 2.51. The van der Waals surface area contributed by atoms with Gasteiger partial charge in [0.05, 0.1) is 12.2 Å². The monoisotopic (exact) mass is 348 g/mol. The smallest absolute Gasteiger partial charge is 0.254 e. The van der Waals surface area contributed by atoms with Gasteiger partial charge in [0.1, 0.15) is 0 Å². The second-order valence-electron chi connectivity index (χ2n) is 4.64. The molecule has 4 nitrogen and oxygen atoms in total. The first-order chi connectivity index (χ1) is 10.2. The van der Waals surface area contributed by atoms with E-state index in [4.69, 9.17) is 5.11 Å². The van der Waals surface area contributed by atoms with Crippen LogP contribution in [0.2, 0.25) is 0 Å². The molecule has 21 heavy (non-hydrogen) atoms. The first kappa shape index (κ1) is 15.7.